The Labute approximate surface area is 153 Å². The van der Waals surface area contributed by atoms with Gasteiger partial charge in [-0.25, -0.2) is 13.8 Å². The van der Waals surface area contributed by atoms with Crippen molar-refractivity contribution >= 4 is 22.4 Å². The molecule has 0 fully saturated rings. The van der Waals surface area contributed by atoms with E-state index >= 15 is 0 Å². The number of nitrogens with one attached hydrogen (secondary N) is 1. The third-order valence-corrected chi connectivity index (χ3v) is 4.38. The van der Waals surface area contributed by atoms with Crippen molar-refractivity contribution in [2.45, 2.75) is 20.0 Å². The van der Waals surface area contributed by atoms with E-state index in [0.717, 1.165) is 17.7 Å². The number of thiazole rings is 1. The van der Waals surface area contributed by atoms with Crippen LogP contribution >= 0.6 is 11.3 Å². The maximum absolute atomic E-state index is 13.3. The molecule has 1 N–H and O–H groups in total. The van der Waals surface area contributed by atoms with Crippen molar-refractivity contribution in [1.82, 2.24) is 4.98 Å². The first-order chi connectivity index (χ1) is 12.4. The summed E-state index contributed by atoms with van der Waals surface area (Å²) >= 11 is 1.19. The van der Waals surface area contributed by atoms with Gasteiger partial charge in [0, 0.05) is 10.9 Å². The van der Waals surface area contributed by atoms with Gasteiger partial charge >= 0.3 is 0 Å². The molecule has 0 bridgehead atoms. The molecule has 1 heterocycles. The van der Waals surface area contributed by atoms with Gasteiger partial charge in [-0.15, -0.1) is 11.3 Å². The lowest BCUT2D eigenvalue weighted by Gasteiger charge is -2.14. The van der Waals surface area contributed by atoms with E-state index in [9.17, 15) is 13.6 Å². The van der Waals surface area contributed by atoms with E-state index in [1.807, 2.05) is 25.1 Å². The predicted octanol–water partition coefficient (Wildman–Crippen LogP) is 4.80. The van der Waals surface area contributed by atoms with Gasteiger partial charge in [-0.1, -0.05) is 12.1 Å². The fourth-order valence-electron chi connectivity index (χ4n) is 2.27. The number of amides is 1. The molecular weight excluding hydrogens is 358 g/mol. The van der Waals surface area contributed by atoms with Crippen LogP contribution in [0, 0.1) is 18.6 Å². The fraction of sp³-hybridized carbons (Fsp3) is 0.158. The fourth-order valence-corrected chi connectivity index (χ4v) is 3.00. The Bertz CT molecular complexity index is 943. The normalized spacial score (nSPS) is 11.8. The van der Waals surface area contributed by atoms with Crippen LogP contribution in [-0.4, -0.2) is 17.0 Å². The first-order valence-corrected chi connectivity index (χ1v) is 8.75. The second kappa shape index (κ2) is 7.61. The Hall–Kier alpha value is -2.80. The van der Waals surface area contributed by atoms with Crippen LogP contribution in [0.2, 0.25) is 0 Å². The van der Waals surface area contributed by atoms with Crippen LogP contribution in [0.25, 0.3) is 11.3 Å². The Balaban J connectivity index is 1.66. The summed E-state index contributed by atoms with van der Waals surface area (Å²) in [7, 11) is 0. The molecule has 0 aliphatic heterocycles. The van der Waals surface area contributed by atoms with Crippen molar-refractivity contribution in [3.63, 3.8) is 0 Å². The molecule has 4 nitrogen and oxygen atoms in total. The highest BCUT2D eigenvalue weighted by Gasteiger charge is 2.17. The Morgan fingerprint density at radius 3 is 2.73 bits per heavy atom. The van der Waals surface area contributed by atoms with Gasteiger partial charge in [0.15, 0.2) is 22.9 Å². The van der Waals surface area contributed by atoms with E-state index in [2.05, 4.69) is 10.3 Å². The van der Waals surface area contributed by atoms with E-state index < -0.39 is 17.7 Å². The number of benzene rings is 2. The number of anilines is 1. The summed E-state index contributed by atoms with van der Waals surface area (Å²) in [5, 5.41) is 4.69. The van der Waals surface area contributed by atoms with Gasteiger partial charge in [0.25, 0.3) is 5.91 Å². The van der Waals surface area contributed by atoms with Crippen molar-refractivity contribution in [2.75, 3.05) is 5.32 Å². The highest BCUT2D eigenvalue weighted by molar-refractivity contribution is 7.14. The van der Waals surface area contributed by atoms with Crippen LogP contribution in [0.5, 0.6) is 5.75 Å². The Morgan fingerprint density at radius 2 is 2.00 bits per heavy atom. The highest BCUT2D eigenvalue weighted by Crippen LogP contribution is 2.26. The number of halogens is 2. The topological polar surface area (TPSA) is 51.2 Å². The minimum atomic E-state index is -0.943. The Morgan fingerprint density at radius 1 is 1.19 bits per heavy atom. The van der Waals surface area contributed by atoms with Crippen LogP contribution < -0.4 is 10.1 Å². The zero-order valence-corrected chi connectivity index (χ0v) is 14.9. The van der Waals surface area contributed by atoms with Gasteiger partial charge in [0.2, 0.25) is 0 Å². The Kier molecular flexibility index (Phi) is 5.27. The first-order valence-electron chi connectivity index (χ1n) is 7.87. The molecule has 0 unspecified atom stereocenters. The molecule has 1 atom stereocenters. The molecule has 7 heteroatoms. The minimum absolute atomic E-state index is 0.349. The first kappa shape index (κ1) is 18.0. The van der Waals surface area contributed by atoms with E-state index in [1.54, 1.807) is 18.4 Å². The monoisotopic (exact) mass is 374 g/mol. The van der Waals surface area contributed by atoms with E-state index in [-0.39, 0.29) is 5.91 Å². The van der Waals surface area contributed by atoms with Crippen LogP contribution in [0.3, 0.4) is 0 Å². The molecule has 134 valence electrons. The van der Waals surface area contributed by atoms with Crippen molar-refractivity contribution in [1.29, 1.82) is 0 Å². The molecule has 0 aliphatic rings. The van der Waals surface area contributed by atoms with Crippen LogP contribution in [0.1, 0.15) is 12.5 Å². The molecule has 0 radical (unpaired) electrons. The maximum Gasteiger partial charge on any atom is 0.266 e. The number of aryl methyl sites for hydroxylation is 1. The highest BCUT2D eigenvalue weighted by atomic mass is 32.1. The minimum Gasteiger partial charge on any atom is -0.481 e. The lowest BCUT2D eigenvalue weighted by molar-refractivity contribution is -0.122. The second-order valence-electron chi connectivity index (χ2n) is 5.73. The van der Waals surface area contributed by atoms with Gasteiger partial charge in [0.1, 0.15) is 5.75 Å². The number of aromatic nitrogens is 1. The summed E-state index contributed by atoms with van der Waals surface area (Å²) < 4.78 is 32.0. The largest absolute Gasteiger partial charge is 0.481 e. The van der Waals surface area contributed by atoms with E-state index in [1.165, 1.54) is 17.4 Å². The van der Waals surface area contributed by atoms with E-state index in [0.29, 0.717) is 22.1 Å². The summed E-state index contributed by atoms with van der Waals surface area (Å²) in [6.07, 6.45) is -0.715. The third-order valence-electron chi connectivity index (χ3n) is 3.62. The summed E-state index contributed by atoms with van der Waals surface area (Å²) in [5.41, 5.74) is 1.92. The number of nitrogens with zero attached hydrogens (tertiary/aromatic N) is 1. The number of carbonyl (C=O) groups is 1. The van der Waals surface area contributed by atoms with Crippen molar-refractivity contribution < 1.29 is 18.3 Å². The quantitative estimate of drug-likeness (QED) is 0.698. The molecule has 0 spiro atoms. The third kappa shape index (κ3) is 4.23. The molecule has 0 aliphatic carbocycles. The lowest BCUT2D eigenvalue weighted by Crippen LogP contribution is -2.30. The van der Waals surface area contributed by atoms with Gasteiger partial charge in [-0.05, 0) is 49.7 Å². The molecule has 0 saturated carbocycles. The summed E-state index contributed by atoms with van der Waals surface area (Å²) in [5.74, 6) is -1.60. The van der Waals surface area contributed by atoms with Gasteiger partial charge in [0.05, 0.1) is 5.69 Å². The van der Waals surface area contributed by atoms with Gasteiger partial charge in [-0.3, -0.25) is 10.1 Å². The standard InChI is InChI=1S/C19H16F2N2O2S/c1-11-4-3-5-14(8-11)25-12(2)18(24)23-19-22-17(10-26-19)13-6-7-15(20)16(21)9-13/h3-10,12H,1-2H3,(H,22,23,24)/t12-/m1/s1. The number of hydrogen-bond acceptors (Lipinski definition) is 4. The summed E-state index contributed by atoms with van der Waals surface area (Å²) in [4.78, 5) is 16.5. The van der Waals surface area contributed by atoms with Gasteiger partial charge in [-0.2, -0.15) is 0 Å². The maximum atomic E-state index is 13.3. The van der Waals surface area contributed by atoms with Crippen LogP contribution in [0.15, 0.2) is 47.8 Å². The zero-order valence-electron chi connectivity index (χ0n) is 14.1. The number of hydrogen-bond donors (Lipinski definition) is 1. The van der Waals surface area contributed by atoms with E-state index in [4.69, 9.17) is 4.74 Å². The van der Waals surface area contributed by atoms with Crippen molar-refractivity contribution in [2.24, 2.45) is 0 Å². The smallest absolute Gasteiger partial charge is 0.266 e. The van der Waals surface area contributed by atoms with Crippen LogP contribution in [-0.2, 0) is 4.79 Å². The lowest BCUT2D eigenvalue weighted by atomic mass is 10.2. The molecule has 2 aromatic carbocycles. The molecule has 1 amide bonds. The average molecular weight is 374 g/mol. The number of ether oxygens (including phenoxy) is 1. The molecule has 3 aromatic rings. The SMILES string of the molecule is Cc1cccc(O[C@H](C)C(=O)Nc2nc(-c3ccc(F)c(F)c3)cs2)c1. The summed E-state index contributed by atoms with van der Waals surface area (Å²) in [6.45, 7) is 3.58. The molecule has 0 saturated heterocycles. The number of carbonyl (C=O) groups excluding carboxylic acids is 1. The molecular formula is C19H16F2N2O2S. The molecule has 3 rings (SSSR count). The molecule has 26 heavy (non-hydrogen) atoms. The van der Waals surface area contributed by atoms with Crippen molar-refractivity contribution in [3.8, 4) is 17.0 Å². The number of rotatable bonds is 5. The second-order valence-corrected chi connectivity index (χ2v) is 6.59. The zero-order chi connectivity index (χ0) is 18.7. The van der Waals surface area contributed by atoms with Crippen molar-refractivity contribution in [3.05, 3.63) is 65.0 Å². The average Bonchev–Trinajstić information content (AvgIpc) is 3.05. The predicted molar refractivity (Wildman–Crippen MR) is 97.4 cm³/mol. The summed E-state index contributed by atoms with van der Waals surface area (Å²) in [6, 6.07) is 11.0. The van der Waals surface area contributed by atoms with Crippen LogP contribution in [0.4, 0.5) is 13.9 Å². The molecule has 1 aromatic heterocycles. The van der Waals surface area contributed by atoms with Gasteiger partial charge < -0.3 is 4.74 Å².